The Balaban J connectivity index is 1.38. The van der Waals surface area contributed by atoms with E-state index in [1.165, 1.54) is 30.4 Å². The van der Waals surface area contributed by atoms with Crippen LogP contribution in [0, 0.1) is 11.3 Å². The van der Waals surface area contributed by atoms with Crippen LogP contribution in [0.15, 0.2) is 24.3 Å². The highest BCUT2D eigenvalue weighted by Gasteiger charge is 2.41. The predicted molar refractivity (Wildman–Crippen MR) is 112 cm³/mol. The summed E-state index contributed by atoms with van der Waals surface area (Å²) in [4.78, 5) is 51.6. The van der Waals surface area contributed by atoms with Crippen LogP contribution >= 0.6 is 11.3 Å². The molecule has 8 nitrogen and oxygen atoms in total. The summed E-state index contributed by atoms with van der Waals surface area (Å²) in [6.07, 6.45) is 3.77. The molecule has 1 atom stereocenters. The van der Waals surface area contributed by atoms with E-state index < -0.39 is 36.3 Å². The van der Waals surface area contributed by atoms with E-state index >= 15 is 0 Å². The number of carbonyl (C=O) groups excluding carboxylic acids is 4. The maximum Gasteiger partial charge on any atom is 0.329 e. The van der Waals surface area contributed by atoms with Gasteiger partial charge in [0.15, 0.2) is 6.61 Å². The molecule has 2 heterocycles. The van der Waals surface area contributed by atoms with Gasteiger partial charge in [0.05, 0.1) is 16.7 Å². The number of fused-ring (bicyclic) bond motifs is 2. The summed E-state index contributed by atoms with van der Waals surface area (Å²) in [6, 6.07) is 7.30. The number of ether oxygens (including phenoxy) is 1. The van der Waals surface area contributed by atoms with E-state index in [0.717, 1.165) is 41.0 Å². The van der Waals surface area contributed by atoms with Crippen LogP contribution in [-0.2, 0) is 27.2 Å². The summed E-state index contributed by atoms with van der Waals surface area (Å²) in [5, 5.41) is 12.6. The Kier molecular flexibility index (Phi) is 5.57. The average Bonchev–Trinajstić information content (AvgIpc) is 3.25. The molecule has 4 rings (SSSR count). The van der Waals surface area contributed by atoms with Gasteiger partial charge in [-0.2, -0.15) is 5.26 Å². The molecule has 0 fully saturated rings. The Hall–Kier alpha value is -3.51. The third kappa shape index (κ3) is 3.70. The molecule has 1 aliphatic heterocycles. The third-order valence-electron chi connectivity index (χ3n) is 5.44. The van der Waals surface area contributed by atoms with Crippen molar-refractivity contribution >= 4 is 40.0 Å². The van der Waals surface area contributed by atoms with Crippen LogP contribution < -0.4 is 5.32 Å². The van der Waals surface area contributed by atoms with Crippen molar-refractivity contribution in [2.45, 2.75) is 38.6 Å². The number of nitrogens with one attached hydrogen (secondary N) is 1. The van der Waals surface area contributed by atoms with E-state index in [1.54, 1.807) is 12.1 Å². The van der Waals surface area contributed by atoms with Crippen molar-refractivity contribution in [1.29, 1.82) is 5.26 Å². The molecule has 158 valence electrons. The number of nitrogens with zero attached hydrogens (tertiary/aromatic N) is 2. The molecule has 0 saturated carbocycles. The van der Waals surface area contributed by atoms with Crippen molar-refractivity contribution in [2.24, 2.45) is 0 Å². The van der Waals surface area contributed by atoms with Crippen LogP contribution in [0.2, 0.25) is 0 Å². The minimum absolute atomic E-state index is 0.232. The molecule has 1 aromatic heterocycles. The highest BCUT2D eigenvalue weighted by Crippen LogP contribution is 2.37. The fourth-order valence-electron chi connectivity index (χ4n) is 3.86. The molecule has 0 bridgehead atoms. The maximum absolute atomic E-state index is 12.5. The van der Waals surface area contributed by atoms with Gasteiger partial charge in [-0.05, 0) is 50.3 Å². The van der Waals surface area contributed by atoms with E-state index in [0.29, 0.717) is 10.6 Å². The molecule has 1 aliphatic carbocycles. The minimum atomic E-state index is -1.18. The maximum atomic E-state index is 12.5. The Morgan fingerprint density at radius 1 is 1.19 bits per heavy atom. The lowest BCUT2D eigenvalue weighted by Gasteiger charge is -2.20. The first-order valence-electron chi connectivity index (χ1n) is 9.90. The van der Waals surface area contributed by atoms with Gasteiger partial charge in [-0.25, -0.2) is 4.79 Å². The number of amides is 3. The van der Waals surface area contributed by atoms with Crippen molar-refractivity contribution in [3.8, 4) is 6.07 Å². The number of esters is 1. The van der Waals surface area contributed by atoms with Crippen LogP contribution in [-0.4, -0.2) is 41.2 Å². The largest absolute Gasteiger partial charge is 0.454 e. The average molecular weight is 437 g/mol. The van der Waals surface area contributed by atoms with Crippen molar-refractivity contribution in [3.05, 3.63) is 51.4 Å². The quantitative estimate of drug-likeness (QED) is 0.568. The third-order valence-corrected chi connectivity index (χ3v) is 6.64. The van der Waals surface area contributed by atoms with Crippen molar-refractivity contribution in [2.75, 3.05) is 11.9 Å². The van der Waals surface area contributed by atoms with Crippen LogP contribution in [0.5, 0.6) is 0 Å². The number of hydrogen-bond donors (Lipinski definition) is 1. The number of thiophene rings is 1. The molecular formula is C22H19N3O5S. The molecule has 31 heavy (non-hydrogen) atoms. The Bertz CT molecular complexity index is 1110. The Labute approximate surface area is 182 Å². The molecule has 0 radical (unpaired) electrons. The zero-order chi connectivity index (χ0) is 22.1. The van der Waals surface area contributed by atoms with Gasteiger partial charge in [0, 0.05) is 4.88 Å². The second-order valence-corrected chi connectivity index (χ2v) is 8.49. The Morgan fingerprint density at radius 2 is 1.84 bits per heavy atom. The SMILES string of the molecule is C[C@H](C(=O)OCC(=O)Nc1sc2c(c1C#N)CCCC2)N1C(=O)c2ccccc2C1=O. The van der Waals surface area contributed by atoms with E-state index in [-0.39, 0.29) is 11.1 Å². The first-order chi connectivity index (χ1) is 14.9. The van der Waals surface area contributed by atoms with Gasteiger partial charge in [-0.1, -0.05) is 12.1 Å². The molecule has 0 spiro atoms. The lowest BCUT2D eigenvalue weighted by Crippen LogP contribution is -2.44. The van der Waals surface area contributed by atoms with E-state index in [4.69, 9.17) is 4.74 Å². The number of hydrogen-bond acceptors (Lipinski definition) is 7. The van der Waals surface area contributed by atoms with Crippen molar-refractivity contribution < 1.29 is 23.9 Å². The molecule has 9 heteroatoms. The highest BCUT2D eigenvalue weighted by atomic mass is 32.1. The second kappa shape index (κ2) is 8.32. The van der Waals surface area contributed by atoms with E-state index in [9.17, 15) is 24.4 Å². The van der Waals surface area contributed by atoms with Crippen LogP contribution in [0.1, 0.15) is 56.5 Å². The van der Waals surface area contributed by atoms with Crippen molar-refractivity contribution in [3.63, 3.8) is 0 Å². The summed E-state index contributed by atoms with van der Waals surface area (Å²) in [7, 11) is 0. The monoisotopic (exact) mass is 437 g/mol. The van der Waals surface area contributed by atoms with Gasteiger partial charge in [-0.15, -0.1) is 11.3 Å². The number of imide groups is 1. The van der Waals surface area contributed by atoms with Gasteiger partial charge in [0.2, 0.25) is 0 Å². The zero-order valence-corrected chi connectivity index (χ0v) is 17.6. The fraction of sp³-hybridized carbons (Fsp3) is 0.318. The summed E-state index contributed by atoms with van der Waals surface area (Å²) in [5.41, 5.74) is 1.93. The zero-order valence-electron chi connectivity index (χ0n) is 16.8. The van der Waals surface area contributed by atoms with Gasteiger partial charge >= 0.3 is 5.97 Å². The molecule has 2 aliphatic rings. The summed E-state index contributed by atoms with van der Waals surface area (Å²) in [5.74, 6) is -2.59. The minimum Gasteiger partial charge on any atom is -0.454 e. The molecule has 2 aromatic rings. The summed E-state index contributed by atoms with van der Waals surface area (Å²) >= 11 is 1.38. The standard InChI is InChI=1S/C22H19N3O5S/c1-12(25-20(27)14-7-2-3-8-15(14)21(25)28)22(29)30-11-18(26)24-19-16(10-23)13-6-4-5-9-17(13)31-19/h2-3,7-8,12H,4-6,9,11H2,1H3,(H,24,26)/t12-/m1/s1. The lowest BCUT2D eigenvalue weighted by molar-refractivity contribution is -0.150. The van der Waals surface area contributed by atoms with Crippen LogP contribution in [0.25, 0.3) is 0 Å². The van der Waals surface area contributed by atoms with Crippen LogP contribution in [0.4, 0.5) is 5.00 Å². The van der Waals surface area contributed by atoms with Crippen molar-refractivity contribution in [1.82, 2.24) is 4.90 Å². The normalized spacial score (nSPS) is 15.7. The number of rotatable bonds is 5. The number of nitriles is 1. The lowest BCUT2D eigenvalue weighted by atomic mass is 9.96. The first-order valence-corrected chi connectivity index (χ1v) is 10.7. The topological polar surface area (TPSA) is 117 Å². The second-order valence-electron chi connectivity index (χ2n) is 7.38. The van der Waals surface area contributed by atoms with E-state index in [1.807, 2.05) is 0 Å². The number of anilines is 1. The highest BCUT2D eigenvalue weighted by molar-refractivity contribution is 7.16. The molecular weight excluding hydrogens is 418 g/mol. The van der Waals surface area contributed by atoms with Gasteiger partial charge in [0.1, 0.15) is 17.1 Å². The van der Waals surface area contributed by atoms with Gasteiger partial charge < -0.3 is 10.1 Å². The van der Waals surface area contributed by atoms with Gasteiger partial charge in [0.25, 0.3) is 17.7 Å². The number of aryl methyl sites for hydroxylation is 1. The summed E-state index contributed by atoms with van der Waals surface area (Å²) in [6.45, 7) is 0.794. The predicted octanol–water partition coefficient (Wildman–Crippen LogP) is 2.66. The number of carbonyl (C=O) groups is 4. The molecule has 1 N–H and O–H groups in total. The molecule has 1 aromatic carbocycles. The molecule has 3 amide bonds. The molecule has 0 unspecified atom stereocenters. The first kappa shape index (κ1) is 20.8. The fourth-order valence-corrected chi connectivity index (χ4v) is 5.11. The van der Waals surface area contributed by atoms with Crippen LogP contribution in [0.3, 0.4) is 0 Å². The Morgan fingerprint density at radius 3 is 2.48 bits per heavy atom. The number of benzene rings is 1. The smallest absolute Gasteiger partial charge is 0.329 e. The molecule has 0 saturated heterocycles. The summed E-state index contributed by atoms with van der Waals surface area (Å²) < 4.78 is 5.05. The van der Waals surface area contributed by atoms with Gasteiger partial charge in [-0.3, -0.25) is 19.3 Å². The van der Waals surface area contributed by atoms with E-state index in [2.05, 4.69) is 11.4 Å².